The third-order valence-electron chi connectivity index (χ3n) is 2.69. The number of imidazole rings is 1. The van der Waals surface area contributed by atoms with Crippen molar-refractivity contribution in [3.05, 3.63) is 59.9 Å². The van der Waals surface area contributed by atoms with Crippen molar-refractivity contribution in [1.29, 1.82) is 0 Å². The zero-order chi connectivity index (χ0) is 13.2. The molecule has 0 spiro atoms. The third kappa shape index (κ3) is 2.61. The molecule has 0 atom stereocenters. The van der Waals surface area contributed by atoms with Crippen LogP contribution in [0, 0.1) is 11.6 Å². The highest BCUT2D eigenvalue weighted by Gasteiger charge is 2.08. The van der Waals surface area contributed by atoms with Crippen LogP contribution < -0.4 is 0 Å². The summed E-state index contributed by atoms with van der Waals surface area (Å²) in [6.07, 6.45) is 0. The molecule has 0 amide bonds. The molecule has 0 unspecified atom stereocenters. The van der Waals surface area contributed by atoms with Crippen molar-refractivity contribution < 1.29 is 8.78 Å². The van der Waals surface area contributed by atoms with E-state index in [0.29, 0.717) is 22.6 Å². The first kappa shape index (κ1) is 12.2. The Morgan fingerprint density at radius 3 is 2.58 bits per heavy atom. The van der Waals surface area contributed by atoms with E-state index in [0.717, 1.165) is 17.0 Å². The third-order valence-corrected chi connectivity index (χ3v) is 3.72. The summed E-state index contributed by atoms with van der Waals surface area (Å²) >= 11 is 1.62. The second-order valence-electron chi connectivity index (χ2n) is 4.07. The zero-order valence-corrected chi connectivity index (χ0v) is 10.7. The van der Waals surface area contributed by atoms with Gasteiger partial charge in [-0.15, -0.1) is 11.8 Å². The van der Waals surface area contributed by atoms with E-state index in [1.54, 1.807) is 11.8 Å². The summed E-state index contributed by atoms with van der Waals surface area (Å²) in [5, 5.41) is 0. The number of thioether (sulfide) groups is 1. The summed E-state index contributed by atoms with van der Waals surface area (Å²) in [4.78, 5) is 8.37. The standard InChI is InChI=1S/C14H10F2N2S/c15-10-6-12-13(7-11(10)16)18-14(17-12)8-19-9-4-2-1-3-5-9/h1-7H,8H2,(H,17,18). The van der Waals surface area contributed by atoms with Crippen LogP contribution >= 0.6 is 11.8 Å². The van der Waals surface area contributed by atoms with E-state index in [4.69, 9.17) is 0 Å². The summed E-state index contributed by atoms with van der Waals surface area (Å²) in [6.45, 7) is 0. The van der Waals surface area contributed by atoms with Crippen LogP contribution in [0.1, 0.15) is 5.82 Å². The van der Waals surface area contributed by atoms with Crippen LogP contribution in [0.3, 0.4) is 0 Å². The Morgan fingerprint density at radius 1 is 1.05 bits per heavy atom. The van der Waals surface area contributed by atoms with Crippen molar-refractivity contribution in [1.82, 2.24) is 9.97 Å². The molecule has 5 heteroatoms. The molecule has 0 saturated carbocycles. The first-order valence-corrected chi connectivity index (χ1v) is 6.72. The van der Waals surface area contributed by atoms with Gasteiger partial charge in [0.2, 0.25) is 0 Å². The lowest BCUT2D eigenvalue weighted by Crippen LogP contribution is -1.82. The summed E-state index contributed by atoms with van der Waals surface area (Å²) in [6, 6.07) is 12.1. The molecule has 1 N–H and O–H groups in total. The van der Waals surface area contributed by atoms with Crippen molar-refractivity contribution in [2.75, 3.05) is 0 Å². The fourth-order valence-corrected chi connectivity index (χ4v) is 2.58. The maximum atomic E-state index is 13.1. The lowest BCUT2D eigenvalue weighted by molar-refractivity contribution is 0.510. The lowest BCUT2D eigenvalue weighted by Gasteiger charge is -1.97. The van der Waals surface area contributed by atoms with E-state index in [1.165, 1.54) is 0 Å². The van der Waals surface area contributed by atoms with E-state index in [-0.39, 0.29) is 0 Å². The SMILES string of the molecule is Fc1cc2nc(CSc3ccccc3)[nH]c2cc1F. The number of nitrogens with zero attached hydrogens (tertiary/aromatic N) is 1. The fourth-order valence-electron chi connectivity index (χ4n) is 1.79. The van der Waals surface area contributed by atoms with Crippen molar-refractivity contribution in [3.8, 4) is 0 Å². The molecule has 0 aliphatic rings. The van der Waals surface area contributed by atoms with Gasteiger partial charge in [0.1, 0.15) is 5.82 Å². The van der Waals surface area contributed by atoms with Gasteiger partial charge in [-0.25, -0.2) is 13.8 Å². The molecule has 19 heavy (non-hydrogen) atoms. The first-order chi connectivity index (χ1) is 9.22. The van der Waals surface area contributed by atoms with E-state index >= 15 is 0 Å². The van der Waals surface area contributed by atoms with Gasteiger partial charge in [-0.2, -0.15) is 0 Å². The summed E-state index contributed by atoms with van der Waals surface area (Å²) < 4.78 is 26.2. The second kappa shape index (κ2) is 5.01. The Kier molecular flexibility index (Phi) is 3.21. The van der Waals surface area contributed by atoms with Gasteiger partial charge < -0.3 is 4.98 Å². The van der Waals surface area contributed by atoms with E-state index < -0.39 is 11.6 Å². The van der Waals surface area contributed by atoms with Gasteiger partial charge in [0.15, 0.2) is 11.6 Å². The smallest absolute Gasteiger partial charge is 0.161 e. The van der Waals surface area contributed by atoms with Gasteiger partial charge in [-0.1, -0.05) is 18.2 Å². The van der Waals surface area contributed by atoms with Crippen molar-refractivity contribution in [2.45, 2.75) is 10.6 Å². The van der Waals surface area contributed by atoms with Crippen LogP contribution in [-0.2, 0) is 5.75 Å². The molecule has 3 rings (SSSR count). The number of H-pyrrole nitrogens is 1. The van der Waals surface area contributed by atoms with Crippen LogP contribution in [0.25, 0.3) is 11.0 Å². The highest BCUT2D eigenvalue weighted by Crippen LogP contribution is 2.23. The van der Waals surface area contributed by atoms with Crippen LogP contribution in [0.4, 0.5) is 8.78 Å². The Labute approximate surface area is 112 Å². The highest BCUT2D eigenvalue weighted by atomic mass is 32.2. The molecule has 1 aromatic heterocycles. The summed E-state index contributed by atoms with van der Waals surface area (Å²) in [7, 11) is 0. The van der Waals surface area contributed by atoms with Crippen molar-refractivity contribution in [2.24, 2.45) is 0 Å². The number of rotatable bonds is 3. The van der Waals surface area contributed by atoms with E-state index in [1.807, 2.05) is 30.3 Å². The molecule has 96 valence electrons. The molecular weight excluding hydrogens is 266 g/mol. The molecule has 2 aromatic carbocycles. The summed E-state index contributed by atoms with van der Waals surface area (Å²) in [5.74, 6) is -0.407. The molecule has 2 nitrogen and oxygen atoms in total. The second-order valence-corrected chi connectivity index (χ2v) is 5.12. The minimum atomic E-state index is -0.874. The Bertz CT molecular complexity index is 671. The van der Waals surface area contributed by atoms with Crippen LogP contribution in [0.2, 0.25) is 0 Å². The maximum Gasteiger partial charge on any atom is 0.161 e. The molecular formula is C14H10F2N2S. The predicted octanol–water partition coefficient (Wildman–Crippen LogP) is 4.13. The number of benzene rings is 2. The Morgan fingerprint density at radius 2 is 1.79 bits per heavy atom. The van der Waals surface area contributed by atoms with Crippen LogP contribution in [0.15, 0.2) is 47.4 Å². The molecule has 3 aromatic rings. The first-order valence-electron chi connectivity index (χ1n) is 5.74. The quantitative estimate of drug-likeness (QED) is 0.728. The number of aromatic amines is 1. The topological polar surface area (TPSA) is 28.7 Å². The number of hydrogen-bond acceptors (Lipinski definition) is 2. The Hall–Kier alpha value is -1.88. The largest absolute Gasteiger partial charge is 0.341 e. The lowest BCUT2D eigenvalue weighted by atomic mass is 10.3. The fraction of sp³-hybridized carbons (Fsp3) is 0.0714. The predicted molar refractivity (Wildman–Crippen MR) is 72.0 cm³/mol. The van der Waals surface area contributed by atoms with Gasteiger partial charge in [-0.05, 0) is 12.1 Å². The highest BCUT2D eigenvalue weighted by molar-refractivity contribution is 7.98. The van der Waals surface area contributed by atoms with Crippen molar-refractivity contribution >= 4 is 22.8 Å². The van der Waals surface area contributed by atoms with E-state index in [2.05, 4.69) is 9.97 Å². The van der Waals surface area contributed by atoms with Gasteiger partial charge in [0, 0.05) is 17.0 Å². The molecule has 0 aliphatic heterocycles. The van der Waals surface area contributed by atoms with E-state index in [9.17, 15) is 8.78 Å². The maximum absolute atomic E-state index is 13.1. The van der Waals surface area contributed by atoms with Crippen molar-refractivity contribution in [3.63, 3.8) is 0 Å². The number of hydrogen-bond donors (Lipinski definition) is 1. The van der Waals surface area contributed by atoms with Gasteiger partial charge in [-0.3, -0.25) is 0 Å². The zero-order valence-electron chi connectivity index (χ0n) is 9.86. The summed E-state index contributed by atoms with van der Waals surface area (Å²) in [5.41, 5.74) is 0.963. The normalized spacial score (nSPS) is 11.1. The van der Waals surface area contributed by atoms with Gasteiger partial charge >= 0.3 is 0 Å². The molecule has 1 heterocycles. The molecule has 0 aliphatic carbocycles. The average Bonchev–Trinajstić information content (AvgIpc) is 2.80. The van der Waals surface area contributed by atoms with Crippen LogP contribution in [-0.4, -0.2) is 9.97 Å². The molecule has 0 radical (unpaired) electrons. The molecule has 0 bridgehead atoms. The average molecular weight is 276 g/mol. The van der Waals surface area contributed by atoms with Gasteiger partial charge in [0.25, 0.3) is 0 Å². The number of fused-ring (bicyclic) bond motifs is 1. The van der Waals surface area contributed by atoms with Crippen LogP contribution in [0.5, 0.6) is 0 Å². The Balaban J connectivity index is 1.82. The number of nitrogens with one attached hydrogen (secondary N) is 1. The number of aromatic nitrogens is 2. The monoisotopic (exact) mass is 276 g/mol. The molecule has 0 fully saturated rings. The number of halogens is 2. The van der Waals surface area contributed by atoms with Gasteiger partial charge in [0.05, 0.1) is 16.8 Å². The molecule has 0 saturated heterocycles. The minimum absolute atomic E-state index is 0.447. The minimum Gasteiger partial charge on any atom is -0.341 e.